The highest BCUT2D eigenvalue weighted by Gasteiger charge is 1.93. The van der Waals surface area contributed by atoms with Crippen LogP contribution in [-0.4, -0.2) is 19.8 Å². The van der Waals surface area contributed by atoms with Crippen LogP contribution in [0.2, 0.25) is 0 Å². The fourth-order valence-electron chi connectivity index (χ4n) is 1.69. The van der Waals surface area contributed by atoms with Crippen molar-refractivity contribution in [3.63, 3.8) is 0 Å². The molecule has 0 amide bonds. The molecule has 0 heterocycles. The van der Waals surface area contributed by atoms with Crippen LogP contribution in [-0.2, 0) is 4.74 Å². The van der Waals surface area contributed by atoms with Crippen molar-refractivity contribution in [1.82, 2.24) is 0 Å². The highest BCUT2D eigenvalue weighted by Crippen LogP contribution is 2.10. The normalized spacial score (nSPS) is 10.4. The van der Waals surface area contributed by atoms with Crippen LogP contribution in [0, 0.1) is 0 Å². The molecule has 17 heavy (non-hydrogen) atoms. The van der Waals surface area contributed by atoms with Crippen LogP contribution in [0.1, 0.15) is 39.0 Å². The quantitative estimate of drug-likeness (QED) is 0.570. The molecular formula is C15H24O2. The van der Waals surface area contributed by atoms with Crippen LogP contribution in [0.3, 0.4) is 0 Å². The topological polar surface area (TPSA) is 18.5 Å². The molecular weight excluding hydrogens is 212 g/mol. The fraction of sp³-hybridized carbons (Fsp3) is 0.600. The summed E-state index contributed by atoms with van der Waals surface area (Å²) in [6.07, 6.45) is 6.13. The van der Waals surface area contributed by atoms with Gasteiger partial charge in [0.2, 0.25) is 0 Å². The molecule has 0 spiro atoms. The van der Waals surface area contributed by atoms with E-state index in [-0.39, 0.29) is 0 Å². The highest BCUT2D eigenvalue weighted by molar-refractivity contribution is 5.20. The Morgan fingerprint density at radius 1 is 0.824 bits per heavy atom. The number of benzene rings is 1. The maximum atomic E-state index is 5.63. The van der Waals surface area contributed by atoms with Gasteiger partial charge in [-0.2, -0.15) is 0 Å². The summed E-state index contributed by atoms with van der Waals surface area (Å²) in [7, 11) is 0. The van der Waals surface area contributed by atoms with Crippen molar-refractivity contribution < 1.29 is 9.47 Å². The van der Waals surface area contributed by atoms with Gasteiger partial charge in [-0.15, -0.1) is 0 Å². The first-order valence-electron chi connectivity index (χ1n) is 6.69. The van der Waals surface area contributed by atoms with Crippen LogP contribution in [0.5, 0.6) is 5.75 Å². The van der Waals surface area contributed by atoms with Crippen LogP contribution < -0.4 is 4.74 Å². The molecule has 0 saturated heterocycles. The smallest absolute Gasteiger partial charge is 0.119 e. The van der Waals surface area contributed by atoms with Gasteiger partial charge in [0.15, 0.2) is 0 Å². The Bertz CT molecular complexity index is 259. The molecule has 0 aliphatic carbocycles. The van der Waals surface area contributed by atoms with Gasteiger partial charge in [-0.3, -0.25) is 0 Å². The van der Waals surface area contributed by atoms with E-state index < -0.39 is 0 Å². The highest BCUT2D eigenvalue weighted by atomic mass is 16.5. The van der Waals surface area contributed by atoms with E-state index in [9.17, 15) is 0 Å². The van der Waals surface area contributed by atoms with Crippen molar-refractivity contribution in [3.05, 3.63) is 30.3 Å². The van der Waals surface area contributed by atoms with Gasteiger partial charge >= 0.3 is 0 Å². The SMILES string of the molecule is CCOCCCCCCCOc1ccccc1. The fourth-order valence-corrected chi connectivity index (χ4v) is 1.69. The molecule has 0 saturated carbocycles. The average Bonchev–Trinajstić information content (AvgIpc) is 2.38. The first-order valence-corrected chi connectivity index (χ1v) is 6.69. The molecule has 0 aliphatic heterocycles. The number of rotatable bonds is 10. The molecule has 0 N–H and O–H groups in total. The lowest BCUT2D eigenvalue weighted by molar-refractivity contribution is 0.142. The van der Waals surface area contributed by atoms with Crippen molar-refractivity contribution in [2.24, 2.45) is 0 Å². The maximum Gasteiger partial charge on any atom is 0.119 e. The zero-order valence-electron chi connectivity index (χ0n) is 10.9. The summed E-state index contributed by atoms with van der Waals surface area (Å²) < 4.78 is 10.9. The van der Waals surface area contributed by atoms with E-state index in [0.717, 1.165) is 32.0 Å². The maximum absolute atomic E-state index is 5.63. The number of hydrogen-bond acceptors (Lipinski definition) is 2. The van der Waals surface area contributed by atoms with E-state index in [1.165, 1.54) is 25.7 Å². The molecule has 1 aromatic rings. The lowest BCUT2D eigenvalue weighted by atomic mass is 10.1. The lowest BCUT2D eigenvalue weighted by Gasteiger charge is -2.05. The molecule has 0 atom stereocenters. The zero-order chi connectivity index (χ0) is 12.2. The van der Waals surface area contributed by atoms with E-state index in [2.05, 4.69) is 0 Å². The molecule has 2 nitrogen and oxygen atoms in total. The molecule has 0 radical (unpaired) electrons. The third-order valence-electron chi connectivity index (χ3n) is 2.65. The summed E-state index contributed by atoms with van der Waals surface area (Å²) in [6.45, 7) is 4.62. The predicted molar refractivity (Wildman–Crippen MR) is 71.5 cm³/mol. The second-order valence-electron chi connectivity index (χ2n) is 4.13. The molecule has 1 rings (SSSR count). The summed E-state index contributed by atoms with van der Waals surface area (Å²) in [5.74, 6) is 0.976. The van der Waals surface area contributed by atoms with Gasteiger partial charge in [-0.05, 0) is 31.9 Å². The van der Waals surface area contributed by atoms with Crippen LogP contribution >= 0.6 is 0 Å². The second kappa shape index (κ2) is 10.2. The van der Waals surface area contributed by atoms with Crippen molar-refractivity contribution in [2.45, 2.75) is 39.0 Å². The molecule has 0 aromatic heterocycles. The van der Waals surface area contributed by atoms with Gasteiger partial charge in [0.25, 0.3) is 0 Å². The largest absolute Gasteiger partial charge is 0.494 e. The molecule has 2 heteroatoms. The third-order valence-corrected chi connectivity index (χ3v) is 2.65. The molecule has 0 bridgehead atoms. The Morgan fingerprint density at radius 2 is 1.47 bits per heavy atom. The average molecular weight is 236 g/mol. The number of para-hydroxylation sites is 1. The Balaban J connectivity index is 1.85. The standard InChI is InChI=1S/C15H24O2/c1-2-16-13-9-4-3-5-10-14-17-15-11-7-6-8-12-15/h6-8,11-12H,2-5,9-10,13-14H2,1H3. The van der Waals surface area contributed by atoms with Gasteiger partial charge < -0.3 is 9.47 Å². The Kier molecular flexibility index (Phi) is 8.39. The van der Waals surface area contributed by atoms with E-state index in [1.807, 2.05) is 37.3 Å². The van der Waals surface area contributed by atoms with Gasteiger partial charge in [0.1, 0.15) is 5.75 Å². The number of ether oxygens (including phenoxy) is 2. The van der Waals surface area contributed by atoms with Crippen LogP contribution in [0.15, 0.2) is 30.3 Å². The summed E-state index contributed by atoms with van der Waals surface area (Å²) in [5.41, 5.74) is 0. The van der Waals surface area contributed by atoms with Crippen molar-refractivity contribution in [1.29, 1.82) is 0 Å². The Hall–Kier alpha value is -1.02. The van der Waals surface area contributed by atoms with Crippen LogP contribution in [0.4, 0.5) is 0 Å². The minimum Gasteiger partial charge on any atom is -0.494 e. The third kappa shape index (κ3) is 7.81. The number of unbranched alkanes of at least 4 members (excludes halogenated alkanes) is 4. The second-order valence-corrected chi connectivity index (χ2v) is 4.13. The van der Waals surface area contributed by atoms with E-state index in [4.69, 9.17) is 9.47 Å². The Morgan fingerprint density at radius 3 is 2.18 bits per heavy atom. The van der Waals surface area contributed by atoms with E-state index >= 15 is 0 Å². The van der Waals surface area contributed by atoms with Crippen molar-refractivity contribution >= 4 is 0 Å². The first kappa shape index (κ1) is 14.0. The Labute approximate surface area is 105 Å². The molecule has 0 unspecified atom stereocenters. The molecule has 96 valence electrons. The van der Waals surface area contributed by atoms with E-state index in [1.54, 1.807) is 0 Å². The molecule has 0 fully saturated rings. The van der Waals surface area contributed by atoms with Gasteiger partial charge in [-0.1, -0.05) is 37.5 Å². The van der Waals surface area contributed by atoms with Crippen molar-refractivity contribution in [3.8, 4) is 5.75 Å². The zero-order valence-corrected chi connectivity index (χ0v) is 10.9. The summed E-state index contributed by atoms with van der Waals surface area (Å²) in [4.78, 5) is 0. The summed E-state index contributed by atoms with van der Waals surface area (Å²) in [6, 6.07) is 10.0. The predicted octanol–water partition coefficient (Wildman–Crippen LogP) is 4.05. The minimum atomic E-state index is 0.829. The summed E-state index contributed by atoms with van der Waals surface area (Å²) >= 11 is 0. The first-order chi connectivity index (χ1) is 8.43. The van der Waals surface area contributed by atoms with Crippen LogP contribution in [0.25, 0.3) is 0 Å². The lowest BCUT2D eigenvalue weighted by Crippen LogP contribution is -1.97. The minimum absolute atomic E-state index is 0.829. The molecule has 1 aromatic carbocycles. The van der Waals surface area contributed by atoms with Gasteiger partial charge in [0, 0.05) is 13.2 Å². The number of hydrogen-bond donors (Lipinski definition) is 0. The summed E-state index contributed by atoms with van der Waals surface area (Å²) in [5, 5.41) is 0. The van der Waals surface area contributed by atoms with E-state index in [0.29, 0.717) is 0 Å². The van der Waals surface area contributed by atoms with Gasteiger partial charge in [0.05, 0.1) is 6.61 Å². The molecule has 0 aliphatic rings. The van der Waals surface area contributed by atoms with Crippen molar-refractivity contribution in [2.75, 3.05) is 19.8 Å². The monoisotopic (exact) mass is 236 g/mol. The van der Waals surface area contributed by atoms with Gasteiger partial charge in [-0.25, -0.2) is 0 Å².